The van der Waals surface area contributed by atoms with Crippen LogP contribution in [0, 0.1) is 0 Å². The van der Waals surface area contributed by atoms with Crippen LogP contribution in [0.5, 0.6) is 0 Å². The summed E-state index contributed by atoms with van der Waals surface area (Å²) in [6, 6.07) is 9.96. The second-order valence-corrected chi connectivity index (χ2v) is 6.18. The summed E-state index contributed by atoms with van der Waals surface area (Å²) in [5.41, 5.74) is 2.77. The van der Waals surface area contributed by atoms with Crippen molar-refractivity contribution < 1.29 is 4.79 Å². The molecule has 1 amide bonds. The Bertz CT molecular complexity index is 599. The van der Waals surface area contributed by atoms with Crippen molar-refractivity contribution in [2.45, 2.75) is 12.5 Å². The lowest BCUT2D eigenvalue weighted by Crippen LogP contribution is -2.39. The maximum atomic E-state index is 12.1. The summed E-state index contributed by atoms with van der Waals surface area (Å²) in [6.45, 7) is 0.984. The van der Waals surface area contributed by atoms with Crippen molar-refractivity contribution >= 4 is 35.8 Å². The molecule has 5 nitrogen and oxygen atoms in total. The molecule has 1 aliphatic rings. The summed E-state index contributed by atoms with van der Waals surface area (Å²) in [5.74, 6) is 2.18. The summed E-state index contributed by atoms with van der Waals surface area (Å²) in [6.07, 6.45) is 2.23. The van der Waals surface area contributed by atoms with Crippen LogP contribution < -0.4 is 10.6 Å². The number of rotatable bonds is 4. The molecule has 3 rings (SSSR count). The number of hydrogen-bond donors (Lipinski definition) is 3. The van der Waals surface area contributed by atoms with Crippen molar-refractivity contribution in [1.82, 2.24) is 15.5 Å². The van der Waals surface area contributed by atoms with E-state index in [0.717, 1.165) is 35.0 Å². The van der Waals surface area contributed by atoms with E-state index in [1.54, 1.807) is 6.20 Å². The molecule has 1 aliphatic heterocycles. The van der Waals surface area contributed by atoms with Crippen LogP contribution in [0.25, 0.3) is 11.3 Å². The number of thioether (sulfide) groups is 1. The van der Waals surface area contributed by atoms with Gasteiger partial charge in [0.1, 0.15) is 0 Å². The molecule has 1 saturated heterocycles. The number of nitrogens with zero attached hydrogens (tertiary/aromatic N) is 1. The van der Waals surface area contributed by atoms with E-state index in [9.17, 15) is 4.79 Å². The van der Waals surface area contributed by atoms with Gasteiger partial charge >= 0.3 is 0 Å². The minimum absolute atomic E-state index is 0. The lowest BCUT2D eigenvalue weighted by atomic mass is 10.1. The molecule has 22 heavy (non-hydrogen) atoms. The highest BCUT2D eigenvalue weighted by atomic mass is 35.5. The number of carbonyl (C=O) groups excluding carboxylic acids is 1. The molecular weight excluding hydrogens is 320 g/mol. The minimum Gasteiger partial charge on any atom is -0.326 e. The van der Waals surface area contributed by atoms with Gasteiger partial charge in [-0.2, -0.15) is 16.9 Å². The van der Waals surface area contributed by atoms with E-state index in [1.165, 1.54) is 0 Å². The van der Waals surface area contributed by atoms with Crippen molar-refractivity contribution in [3.63, 3.8) is 0 Å². The van der Waals surface area contributed by atoms with Crippen molar-refractivity contribution in [1.29, 1.82) is 0 Å². The Morgan fingerprint density at radius 3 is 3.05 bits per heavy atom. The Morgan fingerprint density at radius 1 is 1.41 bits per heavy atom. The van der Waals surface area contributed by atoms with Gasteiger partial charge in [-0.25, -0.2) is 0 Å². The summed E-state index contributed by atoms with van der Waals surface area (Å²) in [7, 11) is 0. The highest BCUT2D eigenvalue weighted by molar-refractivity contribution is 7.99. The van der Waals surface area contributed by atoms with Gasteiger partial charge in [0.05, 0.1) is 5.69 Å². The first kappa shape index (κ1) is 16.9. The maximum absolute atomic E-state index is 12.1. The molecular formula is C15H19ClN4OS. The van der Waals surface area contributed by atoms with Crippen LogP contribution in [0.3, 0.4) is 0 Å². The van der Waals surface area contributed by atoms with Gasteiger partial charge in [-0.1, -0.05) is 12.1 Å². The summed E-state index contributed by atoms with van der Waals surface area (Å²) in [4.78, 5) is 12.1. The van der Waals surface area contributed by atoms with Crippen LogP contribution in [0.2, 0.25) is 0 Å². The van der Waals surface area contributed by atoms with Gasteiger partial charge in [0.2, 0.25) is 5.91 Å². The number of hydrogen-bond acceptors (Lipinski definition) is 4. The van der Waals surface area contributed by atoms with Crippen LogP contribution in [0.15, 0.2) is 36.5 Å². The largest absolute Gasteiger partial charge is 0.326 e. The molecule has 1 aromatic carbocycles. The maximum Gasteiger partial charge on any atom is 0.225 e. The predicted molar refractivity (Wildman–Crippen MR) is 93.6 cm³/mol. The highest BCUT2D eigenvalue weighted by Crippen LogP contribution is 2.20. The smallest absolute Gasteiger partial charge is 0.225 e. The number of aromatic nitrogens is 2. The SMILES string of the molecule is Cl.O=C(CC1CSCCN1)Nc1cccc(-c2ccn[nH]2)c1. The number of amides is 1. The van der Waals surface area contributed by atoms with Gasteiger partial charge in [-0.15, -0.1) is 12.4 Å². The monoisotopic (exact) mass is 338 g/mol. The molecule has 7 heteroatoms. The fraction of sp³-hybridized carbons (Fsp3) is 0.333. The lowest BCUT2D eigenvalue weighted by Gasteiger charge is -2.22. The Hall–Kier alpha value is -1.50. The molecule has 2 aromatic rings. The topological polar surface area (TPSA) is 69.8 Å². The van der Waals surface area contributed by atoms with E-state index < -0.39 is 0 Å². The first-order valence-corrected chi connectivity index (χ1v) is 8.17. The molecule has 0 radical (unpaired) electrons. The zero-order valence-corrected chi connectivity index (χ0v) is 13.7. The molecule has 2 heterocycles. The van der Waals surface area contributed by atoms with Crippen molar-refractivity contribution in [2.24, 2.45) is 0 Å². The van der Waals surface area contributed by atoms with Gasteiger partial charge in [-0.3, -0.25) is 9.89 Å². The molecule has 1 unspecified atom stereocenters. The zero-order chi connectivity index (χ0) is 14.5. The number of benzene rings is 1. The highest BCUT2D eigenvalue weighted by Gasteiger charge is 2.16. The van der Waals surface area contributed by atoms with Crippen molar-refractivity contribution in [3.05, 3.63) is 36.5 Å². The number of anilines is 1. The third kappa shape index (κ3) is 4.50. The third-order valence-corrected chi connectivity index (χ3v) is 4.52. The van der Waals surface area contributed by atoms with E-state index in [4.69, 9.17) is 0 Å². The number of halogens is 1. The third-order valence-electron chi connectivity index (χ3n) is 3.39. The molecule has 1 aromatic heterocycles. The Morgan fingerprint density at radius 2 is 2.32 bits per heavy atom. The minimum atomic E-state index is 0. The zero-order valence-electron chi connectivity index (χ0n) is 12.0. The van der Waals surface area contributed by atoms with Crippen LogP contribution >= 0.6 is 24.2 Å². The van der Waals surface area contributed by atoms with Crippen molar-refractivity contribution in [2.75, 3.05) is 23.4 Å². The lowest BCUT2D eigenvalue weighted by molar-refractivity contribution is -0.116. The molecule has 118 valence electrons. The molecule has 3 N–H and O–H groups in total. The van der Waals surface area contributed by atoms with Crippen LogP contribution in [0.4, 0.5) is 5.69 Å². The van der Waals surface area contributed by atoms with Crippen LogP contribution in [-0.4, -0.2) is 40.2 Å². The number of carbonyl (C=O) groups is 1. The normalized spacial score (nSPS) is 17.5. The van der Waals surface area contributed by atoms with Gasteiger partial charge in [0.25, 0.3) is 0 Å². The van der Waals surface area contributed by atoms with Gasteiger partial charge in [0, 0.05) is 48.0 Å². The molecule has 1 atom stereocenters. The molecule has 0 saturated carbocycles. The fourth-order valence-corrected chi connectivity index (χ4v) is 3.32. The standard InChI is InChI=1S/C15H18N4OS.ClH/c20-15(9-13-10-21-7-6-16-13)18-12-3-1-2-11(8-12)14-4-5-17-19-14;/h1-5,8,13,16H,6-7,9-10H2,(H,17,19)(H,18,20);1H. The summed E-state index contributed by atoms with van der Waals surface area (Å²) in [5, 5.41) is 13.2. The van der Waals surface area contributed by atoms with E-state index in [2.05, 4.69) is 20.8 Å². The average Bonchev–Trinajstić information content (AvgIpc) is 3.02. The van der Waals surface area contributed by atoms with Crippen LogP contribution in [0.1, 0.15) is 6.42 Å². The van der Waals surface area contributed by atoms with E-state index in [1.807, 2.05) is 42.1 Å². The van der Waals surface area contributed by atoms with Crippen molar-refractivity contribution in [3.8, 4) is 11.3 Å². The Kier molecular flexibility index (Phi) is 6.30. The summed E-state index contributed by atoms with van der Waals surface area (Å²) >= 11 is 1.90. The molecule has 0 bridgehead atoms. The molecule has 0 spiro atoms. The summed E-state index contributed by atoms with van der Waals surface area (Å²) < 4.78 is 0. The number of aromatic amines is 1. The Balaban J connectivity index is 0.00000176. The fourth-order valence-electron chi connectivity index (χ4n) is 2.37. The van der Waals surface area contributed by atoms with Gasteiger partial charge < -0.3 is 10.6 Å². The van der Waals surface area contributed by atoms with E-state index in [0.29, 0.717) is 6.42 Å². The number of nitrogens with one attached hydrogen (secondary N) is 3. The van der Waals surface area contributed by atoms with Gasteiger partial charge in [-0.05, 0) is 18.2 Å². The van der Waals surface area contributed by atoms with Gasteiger partial charge in [0.15, 0.2) is 0 Å². The first-order chi connectivity index (χ1) is 10.3. The van der Waals surface area contributed by atoms with E-state index in [-0.39, 0.29) is 24.4 Å². The second kappa shape index (κ2) is 8.22. The molecule has 1 fully saturated rings. The average molecular weight is 339 g/mol. The van der Waals surface area contributed by atoms with E-state index >= 15 is 0 Å². The molecule has 0 aliphatic carbocycles. The quantitative estimate of drug-likeness (QED) is 0.801. The predicted octanol–water partition coefficient (Wildman–Crippen LogP) is 2.53. The Labute approximate surface area is 140 Å². The number of H-pyrrole nitrogens is 1. The second-order valence-electron chi connectivity index (χ2n) is 5.03. The van der Waals surface area contributed by atoms with Crippen LogP contribution in [-0.2, 0) is 4.79 Å². The first-order valence-electron chi connectivity index (χ1n) is 7.02.